The van der Waals surface area contributed by atoms with E-state index in [4.69, 9.17) is 4.74 Å². The van der Waals surface area contributed by atoms with Crippen LogP contribution in [0.2, 0.25) is 0 Å². The average Bonchev–Trinajstić information content (AvgIpc) is 3.20. The Labute approximate surface area is 145 Å². The van der Waals surface area contributed by atoms with E-state index in [2.05, 4.69) is 11.1 Å². The zero-order valence-corrected chi connectivity index (χ0v) is 13.8. The molecule has 4 rings (SSSR count). The Morgan fingerprint density at radius 1 is 1.28 bits per heavy atom. The van der Waals surface area contributed by atoms with Crippen LogP contribution in [0, 0.1) is 0 Å². The predicted octanol–water partition coefficient (Wildman–Crippen LogP) is 2.36. The second kappa shape index (κ2) is 6.04. The number of ether oxygens (including phenoxy) is 1. The number of hydrogen-bond donors (Lipinski definition) is 2. The standard InChI is InChI=1S/C19H20N2O4/c22-16(23)11-14-13-5-1-2-6-15(13)20-17(14)18(24)21-9-4-3-7-19(21)8-10-25-12-19/h1-6,20H,7-12H2,(H,22,23). The number of fused-ring (bicyclic) bond motifs is 1. The summed E-state index contributed by atoms with van der Waals surface area (Å²) in [6, 6.07) is 7.44. The minimum atomic E-state index is -0.948. The number of benzene rings is 1. The molecule has 2 aliphatic heterocycles. The molecule has 2 N–H and O–H groups in total. The van der Waals surface area contributed by atoms with Crippen LogP contribution in [-0.2, 0) is 16.0 Å². The molecule has 1 aromatic carbocycles. The fraction of sp³-hybridized carbons (Fsp3) is 0.368. The summed E-state index contributed by atoms with van der Waals surface area (Å²) in [4.78, 5) is 29.7. The first-order valence-electron chi connectivity index (χ1n) is 8.47. The van der Waals surface area contributed by atoms with Gasteiger partial charge in [-0.3, -0.25) is 9.59 Å². The van der Waals surface area contributed by atoms with Gasteiger partial charge in [0.25, 0.3) is 5.91 Å². The molecule has 6 nitrogen and oxygen atoms in total. The van der Waals surface area contributed by atoms with Gasteiger partial charge in [0, 0.05) is 29.6 Å². The van der Waals surface area contributed by atoms with Crippen molar-refractivity contribution >= 4 is 22.8 Å². The Bertz CT molecular complexity index is 861. The lowest BCUT2D eigenvalue weighted by molar-refractivity contribution is -0.136. The van der Waals surface area contributed by atoms with E-state index in [0.717, 1.165) is 23.7 Å². The molecule has 130 valence electrons. The molecule has 1 atom stereocenters. The minimum Gasteiger partial charge on any atom is -0.481 e. The third-order valence-corrected chi connectivity index (χ3v) is 5.21. The van der Waals surface area contributed by atoms with Gasteiger partial charge in [0.05, 0.1) is 18.6 Å². The number of carboxylic acid groups (broad SMARTS) is 1. The van der Waals surface area contributed by atoms with Crippen LogP contribution in [0.5, 0.6) is 0 Å². The van der Waals surface area contributed by atoms with Crippen molar-refractivity contribution in [1.29, 1.82) is 0 Å². The number of aromatic nitrogens is 1. The van der Waals surface area contributed by atoms with Crippen molar-refractivity contribution in [2.45, 2.75) is 24.8 Å². The van der Waals surface area contributed by atoms with Crippen molar-refractivity contribution in [3.63, 3.8) is 0 Å². The number of hydrogen-bond acceptors (Lipinski definition) is 3. The summed E-state index contributed by atoms with van der Waals surface area (Å²) in [7, 11) is 0. The van der Waals surface area contributed by atoms with Gasteiger partial charge >= 0.3 is 5.97 Å². The number of nitrogens with one attached hydrogen (secondary N) is 1. The van der Waals surface area contributed by atoms with E-state index < -0.39 is 5.97 Å². The van der Waals surface area contributed by atoms with E-state index in [0.29, 0.717) is 31.0 Å². The van der Waals surface area contributed by atoms with Gasteiger partial charge in [-0.05, 0) is 18.9 Å². The fourth-order valence-corrected chi connectivity index (χ4v) is 3.91. The Hall–Kier alpha value is -2.60. The van der Waals surface area contributed by atoms with E-state index in [-0.39, 0.29) is 17.9 Å². The Morgan fingerprint density at radius 2 is 2.12 bits per heavy atom. The number of rotatable bonds is 3. The monoisotopic (exact) mass is 340 g/mol. The largest absolute Gasteiger partial charge is 0.481 e. The number of H-pyrrole nitrogens is 1. The van der Waals surface area contributed by atoms with E-state index in [1.165, 1.54) is 0 Å². The zero-order chi connectivity index (χ0) is 17.4. The van der Waals surface area contributed by atoms with Crippen LogP contribution >= 0.6 is 0 Å². The molecular formula is C19H20N2O4. The maximum absolute atomic E-state index is 13.3. The SMILES string of the molecule is O=C(O)Cc1c(C(=O)N2CC=CCC23CCOC3)[nH]c2ccccc12. The third kappa shape index (κ3) is 2.62. The number of aliphatic carboxylic acids is 1. The molecular weight excluding hydrogens is 320 g/mol. The van der Waals surface area contributed by atoms with Crippen molar-refractivity contribution < 1.29 is 19.4 Å². The summed E-state index contributed by atoms with van der Waals surface area (Å²) >= 11 is 0. The van der Waals surface area contributed by atoms with Crippen LogP contribution < -0.4 is 0 Å². The van der Waals surface area contributed by atoms with Gasteiger partial charge in [0.15, 0.2) is 0 Å². The second-order valence-corrected chi connectivity index (χ2v) is 6.71. The fourth-order valence-electron chi connectivity index (χ4n) is 3.91. The summed E-state index contributed by atoms with van der Waals surface area (Å²) in [6.07, 6.45) is 5.48. The summed E-state index contributed by atoms with van der Waals surface area (Å²) in [5, 5.41) is 10.1. The molecule has 1 fully saturated rings. The number of carboxylic acids is 1. The van der Waals surface area contributed by atoms with Crippen molar-refractivity contribution in [2.24, 2.45) is 0 Å². The summed E-state index contributed by atoms with van der Waals surface area (Å²) < 4.78 is 5.58. The maximum Gasteiger partial charge on any atom is 0.307 e. The molecule has 1 spiro atoms. The number of para-hydroxylation sites is 1. The summed E-state index contributed by atoms with van der Waals surface area (Å²) in [6.45, 7) is 1.69. The molecule has 1 saturated heterocycles. The van der Waals surface area contributed by atoms with Crippen molar-refractivity contribution in [2.75, 3.05) is 19.8 Å². The van der Waals surface area contributed by atoms with Gasteiger partial charge in [-0.2, -0.15) is 0 Å². The summed E-state index contributed by atoms with van der Waals surface area (Å²) in [5.74, 6) is -1.10. The predicted molar refractivity (Wildman–Crippen MR) is 92.6 cm³/mol. The first-order valence-corrected chi connectivity index (χ1v) is 8.47. The lowest BCUT2D eigenvalue weighted by Crippen LogP contribution is -2.54. The molecule has 6 heteroatoms. The number of amides is 1. The molecule has 2 aromatic rings. The molecule has 3 heterocycles. The summed E-state index contributed by atoms with van der Waals surface area (Å²) in [5.41, 5.74) is 1.40. The molecule has 0 radical (unpaired) electrons. The molecule has 2 aliphatic rings. The Balaban J connectivity index is 1.79. The van der Waals surface area contributed by atoms with Gasteiger partial charge in [0.1, 0.15) is 5.69 Å². The molecule has 1 amide bonds. The topological polar surface area (TPSA) is 82.6 Å². The molecule has 0 saturated carbocycles. The first kappa shape index (κ1) is 15.9. The van der Waals surface area contributed by atoms with Crippen LogP contribution in [0.15, 0.2) is 36.4 Å². The molecule has 1 aromatic heterocycles. The quantitative estimate of drug-likeness (QED) is 0.840. The van der Waals surface area contributed by atoms with Crippen LogP contribution in [0.1, 0.15) is 28.9 Å². The Morgan fingerprint density at radius 3 is 2.88 bits per heavy atom. The normalized spacial score (nSPS) is 22.8. The van der Waals surface area contributed by atoms with E-state index >= 15 is 0 Å². The highest BCUT2D eigenvalue weighted by Gasteiger charge is 2.44. The highest BCUT2D eigenvalue weighted by Crippen LogP contribution is 2.35. The average molecular weight is 340 g/mol. The van der Waals surface area contributed by atoms with Gasteiger partial charge in [0.2, 0.25) is 0 Å². The van der Waals surface area contributed by atoms with Crippen LogP contribution in [0.3, 0.4) is 0 Å². The minimum absolute atomic E-state index is 0.151. The number of carbonyl (C=O) groups is 2. The molecule has 1 unspecified atom stereocenters. The van der Waals surface area contributed by atoms with Gasteiger partial charge in [-0.15, -0.1) is 0 Å². The Kier molecular flexibility index (Phi) is 3.84. The van der Waals surface area contributed by atoms with Crippen molar-refractivity contribution in [1.82, 2.24) is 9.88 Å². The van der Waals surface area contributed by atoms with Gasteiger partial charge < -0.3 is 19.7 Å². The van der Waals surface area contributed by atoms with E-state index in [1.807, 2.05) is 35.2 Å². The van der Waals surface area contributed by atoms with Gasteiger partial charge in [-0.25, -0.2) is 0 Å². The van der Waals surface area contributed by atoms with E-state index in [1.54, 1.807) is 0 Å². The van der Waals surface area contributed by atoms with Crippen LogP contribution in [0.4, 0.5) is 0 Å². The van der Waals surface area contributed by atoms with Gasteiger partial charge in [-0.1, -0.05) is 30.4 Å². The number of nitrogens with zero attached hydrogens (tertiary/aromatic N) is 1. The lowest BCUT2D eigenvalue weighted by atomic mass is 9.88. The van der Waals surface area contributed by atoms with Crippen molar-refractivity contribution in [3.05, 3.63) is 47.7 Å². The second-order valence-electron chi connectivity index (χ2n) is 6.71. The highest BCUT2D eigenvalue weighted by atomic mass is 16.5. The number of carbonyl (C=O) groups excluding carboxylic acids is 1. The highest BCUT2D eigenvalue weighted by molar-refractivity contribution is 6.03. The van der Waals surface area contributed by atoms with E-state index in [9.17, 15) is 14.7 Å². The van der Waals surface area contributed by atoms with Crippen molar-refractivity contribution in [3.8, 4) is 0 Å². The lowest BCUT2D eigenvalue weighted by Gasteiger charge is -2.41. The molecule has 0 aliphatic carbocycles. The number of aromatic amines is 1. The zero-order valence-electron chi connectivity index (χ0n) is 13.8. The third-order valence-electron chi connectivity index (χ3n) is 5.21. The first-order chi connectivity index (χ1) is 12.1. The smallest absolute Gasteiger partial charge is 0.307 e. The van der Waals surface area contributed by atoms with Crippen LogP contribution in [0.25, 0.3) is 10.9 Å². The maximum atomic E-state index is 13.3. The molecule has 0 bridgehead atoms. The molecule has 25 heavy (non-hydrogen) atoms. The van der Waals surface area contributed by atoms with Crippen LogP contribution in [-0.4, -0.2) is 52.2 Å².